The summed E-state index contributed by atoms with van der Waals surface area (Å²) in [7, 11) is 0. The Labute approximate surface area is 93.1 Å². The average molecular weight is 225 g/mol. The average Bonchev–Trinajstić information content (AvgIpc) is 2.26. The maximum Gasteiger partial charge on any atom is 0.216 e. The summed E-state index contributed by atoms with van der Waals surface area (Å²) < 4.78 is 0. The number of aliphatic hydroxyl groups excluding tert-OH is 2. The van der Waals surface area contributed by atoms with Crippen LogP contribution < -0.4 is 11.1 Å². The lowest BCUT2D eigenvalue weighted by molar-refractivity contribution is -0.119. The number of nitrogen functional groups attached to an aromatic ring is 1. The number of hydrogen-bond acceptors (Lipinski definition) is 5. The Morgan fingerprint density at radius 2 is 2.25 bits per heavy atom. The molecule has 0 aliphatic heterocycles. The van der Waals surface area contributed by atoms with Crippen LogP contribution in [0.4, 0.5) is 5.82 Å². The van der Waals surface area contributed by atoms with Gasteiger partial charge in [-0.25, -0.2) is 4.98 Å². The number of carbonyl (C=O) groups is 1. The lowest BCUT2D eigenvalue weighted by Crippen LogP contribution is -2.34. The largest absolute Gasteiger partial charge is 0.388 e. The Balaban J connectivity index is 2.59. The number of rotatable bonds is 4. The third-order valence-electron chi connectivity index (χ3n) is 2.08. The van der Waals surface area contributed by atoms with Crippen LogP contribution in [0.5, 0.6) is 0 Å². The number of amides is 1. The molecule has 6 nitrogen and oxygen atoms in total. The molecule has 0 saturated heterocycles. The molecule has 0 radical (unpaired) electrons. The number of nitrogens with zero attached hydrogens (tertiary/aromatic N) is 1. The normalized spacial score (nSPS) is 14.2. The van der Waals surface area contributed by atoms with Crippen LogP contribution >= 0.6 is 0 Å². The van der Waals surface area contributed by atoms with Gasteiger partial charge in [0.1, 0.15) is 18.0 Å². The van der Waals surface area contributed by atoms with E-state index >= 15 is 0 Å². The highest BCUT2D eigenvalue weighted by atomic mass is 16.3. The maximum atomic E-state index is 10.6. The van der Waals surface area contributed by atoms with Crippen LogP contribution in [0.3, 0.4) is 0 Å². The Morgan fingerprint density at radius 1 is 1.56 bits per heavy atom. The smallest absolute Gasteiger partial charge is 0.216 e. The van der Waals surface area contributed by atoms with Crippen LogP contribution in [0.25, 0.3) is 0 Å². The summed E-state index contributed by atoms with van der Waals surface area (Å²) in [6.45, 7) is 1.32. The van der Waals surface area contributed by atoms with Crippen molar-refractivity contribution in [3.05, 3.63) is 23.9 Å². The van der Waals surface area contributed by atoms with Gasteiger partial charge in [0, 0.05) is 25.2 Å². The fraction of sp³-hybridized carbons (Fsp3) is 0.400. The number of nitrogens with two attached hydrogens (primary N) is 1. The van der Waals surface area contributed by atoms with Crippen molar-refractivity contribution in [1.82, 2.24) is 10.3 Å². The molecule has 0 saturated carbocycles. The summed E-state index contributed by atoms with van der Waals surface area (Å²) in [5, 5.41) is 21.7. The second kappa shape index (κ2) is 5.43. The number of aromatic nitrogens is 1. The molecule has 1 heterocycles. The van der Waals surface area contributed by atoms with Gasteiger partial charge in [-0.15, -0.1) is 0 Å². The summed E-state index contributed by atoms with van der Waals surface area (Å²) >= 11 is 0. The van der Waals surface area contributed by atoms with E-state index in [1.807, 2.05) is 0 Å². The quantitative estimate of drug-likeness (QED) is 0.536. The van der Waals surface area contributed by atoms with Crippen LogP contribution in [-0.4, -0.2) is 33.8 Å². The molecule has 88 valence electrons. The van der Waals surface area contributed by atoms with Gasteiger partial charge < -0.3 is 21.3 Å². The number of pyridine rings is 1. The highest BCUT2D eigenvalue weighted by molar-refractivity contribution is 5.72. The molecule has 0 fully saturated rings. The van der Waals surface area contributed by atoms with E-state index in [9.17, 15) is 15.0 Å². The van der Waals surface area contributed by atoms with Crippen molar-refractivity contribution in [2.45, 2.75) is 19.1 Å². The van der Waals surface area contributed by atoms with E-state index in [0.29, 0.717) is 11.4 Å². The van der Waals surface area contributed by atoms with Crippen LogP contribution in [0.1, 0.15) is 18.6 Å². The van der Waals surface area contributed by atoms with E-state index in [1.165, 1.54) is 19.2 Å². The third kappa shape index (κ3) is 3.48. The van der Waals surface area contributed by atoms with Gasteiger partial charge in [-0.1, -0.05) is 6.07 Å². The zero-order chi connectivity index (χ0) is 12.1. The number of hydrogen-bond donors (Lipinski definition) is 4. The number of aliphatic hydroxyl groups is 2. The molecule has 5 N–H and O–H groups in total. The van der Waals surface area contributed by atoms with E-state index < -0.39 is 12.2 Å². The maximum absolute atomic E-state index is 10.6. The Kier molecular flexibility index (Phi) is 4.21. The van der Waals surface area contributed by atoms with Gasteiger partial charge >= 0.3 is 0 Å². The summed E-state index contributed by atoms with van der Waals surface area (Å²) in [4.78, 5) is 14.4. The van der Waals surface area contributed by atoms with Crippen molar-refractivity contribution in [3.63, 3.8) is 0 Å². The summed E-state index contributed by atoms with van der Waals surface area (Å²) in [5.41, 5.74) is 5.84. The summed E-state index contributed by atoms with van der Waals surface area (Å²) in [5.74, 6) is 0.0778. The van der Waals surface area contributed by atoms with Gasteiger partial charge in [-0.3, -0.25) is 4.79 Å². The standard InChI is InChI=1S/C10H15N3O3/c1-6(14)12-5-8(15)10(16)7-2-3-9(11)13-4-7/h2-4,8,10,15-16H,5H2,1H3,(H2,11,13)(H,12,14). The Hall–Kier alpha value is -1.66. The SMILES string of the molecule is CC(=O)NCC(O)C(O)c1ccc(N)nc1. The van der Waals surface area contributed by atoms with Gasteiger partial charge in [0.05, 0.1) is 0 Å². The van der Waals surface area contributed by atoms with Crippen LogP contribution in [-0.2, 0) is 4.79 Å². The molecular formula is C10H15N3O3. The molecule has 0 aliphatic carbocycles. The van der Waals surface area contributed by atoms with Gasteiger partial charge in [0.2, 0.25) is 5.91 Å². The molecule has 2 unspecified atom stereocenters. The first-order valence-corrected chi connectivity index (χ1v) is 4.82. The predicted octanol–water partition coefficient (Wildman–Crippen LogP) is -0.806. The van der Waals surface area contributed by atoms with Gasteiger partial charge in [-0.05, 0) is 6.07 Å². The molecular weight excluding hydrogens is 210 g/mol. The molecule has 1 rings (SSSR count). The third-order valence-corrected chi connectivity index (χ3v) is 2.08. The molecule has 1 amide bonds. The number of nitrogens with one attached hydrogen (secondary N) is 1. The minimum atomic E-state index is -1.10. The molecule has 16 heavy (non-hydrogen) atoms. The molecule has 0 aromatic carbocycles. The van der Waals surface area contributed by atoms with Crippen molar-refractivity contribution in [3.8, 4) is 0 Å². The minimum Gasteiger partial charge on any atom is -0.388 e. The fourth-order valence-corrected chi connectivity index (χ4v) is 1.17. The monoisotopic (exact) mass is 225 g/mol. The topological polar surface area (TPSA) is 108 Å². The minimum absolute atomic E-state index is 0.0130. The van der Waals surface area contributed by atoms with E-state index in [0.717, 1.165) is 0 Å². The van der Waals surface area contributed by atoms with Crippen LogP contribution in [0.15, 0.2) is 18.3 Å². The molecule has 0 spiro atoms. The number of carbonyl (C=O) groups excluding carboxylic acids is 1. The second-order valence-corrected chi connectivity index (χ2v) is 3.47. The zero-order valence-corrected chi connectivity index (χ0v) is 8.92. The Bertz CT molecular complexity index is 353. The van der Waals surface area contributed by atoms with Gasteiger partial charge in [-0.2, -0.15) is 0 Å². The second-order valence-electron chi connectivity index (χ2n) is 3.47. The van der Waals surface area contributed by atoms with E-state index in [1.54, 1.807) is 6.07 Å². The van der Waals surface area contributed by atoms with E-state index in [4.69, 9.17) is 5.73 Å². The van der Waals surface area contributed by atoms with Gasteiger partial charge in [0.15, 0.2) is 0 Å². The lowest BCUT2D eigenvalue weighted by atomic mass is 10.1. The van der Waals surface area contributed by atoms with Crippen LogP contribution in [0, 0.1) is 0 Å². The Morgan fingerprint density at radius 3 is 2.75 bits per heavy atom. The van der Waals surface area contributed by atoms with Crippen molar-refractivity contribution < 1.29 is 15.0 Å². The van der Waals surface area contributed by atoms with Crippen molar-refractivity contribution in [2.75, 3.05) is 12.3 Å². The predicted molar refractivity (Wildman–Crippen MR) is 58.3 cm³/mol. The highest BCUT2D eigenvalue weighted by Gasteiger charge is 2.18. The summed E-state index contributed by atoms with van der Waals surface area (Å²) in [6.07, 6.45) is -0.786. The van der Waals surface area contributed by atoms with Gasteiger partial charge in [0.25, 0.3) is 0 Å². The van der Waals surface area contributed by atoms with E-state index in [2.05, 4.69) is 10.3 Å². The fourth-order valence-electron chi connectivity index (χ4n) is 1.17. The summed E-state index contributed by atoms with van der Waals surface area (Å²) in [6, 6.07) is 3.10. The van der Waals surface area contributed by atoms with E-state index in [-0.39, 0.29) is 12.5 Å². The molecule has 2 atom stereocenters. The molecule has 1 aromatic rings. The van der Waals surface area contributed by atoms with Crippen molar-refractivity contribution in [1.29, 1.82) is 0 Å². The van der Waals surface area contributed by atoms with Crippen molar-refractivity contribution >= 4 is 11.7 Å². The van der Waals surface area contributed by atoms with Crippen molar-refractivity contribution in [2.24, 2.45) is 0 Å². The number of anilines is 1. The zero-order valence-electron chi connectivity index (χ0n) is 8.92. The molecule has 0 bridgehead atoms. The molecule has 1 aromatic heterocycles. The molecule has 6 heteroatoms. The van der Waals surface area contributed by atoms with Crippen LogP contribution in [0.2, 0.25) is 0 Å². The first-order valence-electron chi connectivity index (χ1n) is 4.82. The first-order chi connectivity index (χ1) is 7.50. The lowest BCUT2D eigenvalue weighted by Gasteiger charge is -2.17. The highest BCUT2D eigenvalue weighted by Crippen LogP contribution is 2.16. The first kappa shape index (κ1) is 12.4. The molecule has 0 aliphatic rings.